The highest BCUT2D eigenvalue weighted by Crippen LogP contribution is 2.19. The Balaban J connectivity index is 2.86. The van der Waals surface area contributed by atoms with Crippen LogP contribution in [0.5, 0.6) is 0 Å². The lowest BCUT2D eigenvalue weighted by molar-refractivity contribution is 0.251. The summed E-state index contributed by atoms with van der Waals surface area (Å²) in [4.78, 5) is 1.23. The molecule has 3 heteroatoms. The van der Waals surface area contributed by atoms with E-state index >= 15 is 0 Å². The van der Waals surface area contributed by atoms with Crippen molar-refractivity contribution in [2.45, 2.75) is 10.9 Å². The van der Waals surface area contributed by atoms with Crippen LogP contribution in [-0.2, 0) is 0 Å². The van der Waals surface area contributed by atoms with E-state index in [2.05, 4.69) is 17.4 Å². The maximum atomic E-state index is 9.07. The second kappa shape index (κ2) is 5.27. The number of aliphatic hydroxyl groups excluding tert-OH is 1. The van der Waals surface area contributed by atoms with E-state index in [1.54, 1.807) is 11.8 Å². The molecule has 0 aliphatic carbocycles. The Labute approximate surface area is 83.4 Å². The van der Waals surface area contributed by atoms with E-state index in [1.807, 2.05) is 25.4 Å². The summed E-state index contributed by atoms with van der Waals surface area (Å²) in [5.74, 6) is 0. The second-order valence-electron chi connectivity index (χ2n) is 2.80. The molecule has 1 atom stereocenters. The fourth-order valence-electron chi connectivity index (χ4n) is 1.22. The van der Waals surface area contributed by atoms with Crippen LogP contribution in [0.4, 0.5) is 0 Å². The Kier molecular flexibility index (Phi) is 4.28. The number of nitrogens with one attached hydrogen (secondary N) is 1. The molecule has 2 nitrogen and oxygen atoms in total. The smallest absolute Gasteiger partial charge is 0.0626 e. The van der Waals surface area contributed by atoms with Gasteiger partial charge in [0.1, 0.15) is 0 Å². The van der Waals surface area contributed by atoms with Crippen LogP contribution in [0.2, 0.25) is 0 Å². The highest BCUT2D eigenvalue weighted by molar-refractivity contribution is 7.98. The molecular formula is C10H15NOS. The second-order valence-corrected chi connectivity index (χ2v) is 3.68. The summed E-state index contributed by atoms with van der Waals surface area (Å²) in [5, 5.41) is 12.1. The van der Waals surface area contributed by atoms with Crippen LogP contribution >= 0.6 is 11.8 Å². The molecule has 1 aromatic carbocycles. The van der Waals surface area contributed by atoms with Gasteiger partial charge in [0.25, 0.3) is 0 Å². The summed E-state index contributed by atoms with van der Waals surface area (Å²) in [6.07, 6.45) is 2.05. The van der Waals surface area contributed by atoms with Crippen LogP contribution in [-0.4, -0.2) is 25.0 Å². The van der Waals surface area contributed by atoms with Crippen molar-refractivity contribution in [2.75, 3.05) is 19.9 Å². The predicted molar refractivity (Wildman–Crippen MR) is 57.1 cm³/mol. The first-order chi connectivity index (χ1) is 6.31. The quantitative estimate of drug-likeness (QED) is 0.720. The number of benzene rings is 1. The SMILES string of the molecule is CNC(CO)c1cccc(SC)c1. The Morgan fingerprint density at radius 2 is 2.31 bits per heavy atom. The Bertz CT molecular complexity index is 261. The molecule has 0 radical (unpaired) electrons. The van der Waals surface area contributed by atoms with Gasteiger partial charge in [-0.05, 0) is 31.0 Å². The zero-order valence-electron chi connectivity index (χ0n) is 7.95. The lowest BCUT2D eigenvalue weighted by atomic mass is 10.1. The van der Waals surface area contributed by atoms with Gasteiger partial charge in [0, 0.05) is 4.90 Å². The van der Waals surface area contributed by atoms with Crippen molar-refractivity contribution in [3.63, 3.8) is 0 Å². The lowest BCUT2D eigenvalue weighted by Crippen LogP contribution is -2.19. The third-order valence-electron chi connectivity index (χ3n) is 2.03. The lowest BCUT2D eigenvalue weighted by Gasteiger charge is -2.13. The van der Waals surface area contributed by atoms with Crippen molar-refractivity contribution in [2.24, 2.45) is 0 Å². The Morgan fingerprint density at radius 1 is 1.54 bits per heavy atom. The Hall–Kier alpha value is -0.510. The summed E-state index contributed by atoms with van der Waals surface area (Å²) < 4.78 is 0. The van der Waals surface area contributed by atoms with E-state index in [0.29, 0.717) is 0 Å². The van der Waals surface area contributed by atoms with E-state index in [1.165, 1.54) is 4.90 Å². The number of likely N-dealkylation sites (N-methyl/N-ethyl adjacent to an activating group) is 1. The fraction of sp³-hybridized carbons (Fsp3) is 0.400. The van der Waals surface area contributed by atoms with Crippen LogP contribution < -0.4 is 5.32 Å². The highest BCUT2D eigenvalue weighted by atomic mass is 32.2. The number of thioether (sulfide) groups is 1. The minimum Gasteiger partial charge on any atom is -0.394 e. The van der Waals surface area contributed by atoms with E-state index in [4.69, 9.17) is 5.11 Å². The van der Waals surface area contributed by atoms with Crippen LogP contribution in [0.25, 0.3) is 0 Å². The van der Waals surface area contributed by atoms with Crippen molar-refractivity contribution in [1.82, 2.24) is 5.32 Å². The van der Waals surface area contributed by atoms with Gasteiger partial charge < -0.3 is 10.4 Å². The van der Waals surface area contributed by atoms with Gasteiger partial charge in [0.05, 0.1) is 12.6 Å². The van der Waals surface area contributed by atoms with Gasteiger partial charge >= 0.3 is 0 Å². The van der Waals surface area contributed by atoms with Crippen molar-refractivity contribution >= 4 is 11.8 Å². The largest absolute Gasteiger partial charge is 0.394 e. The number of hydrogen-bond donors (Lipinski definition) is 2. The van der Waals surface area contributed by atoms with Crippen LogP contribution in [0.3, 0.4) is 0 Å². The molecule has 0 aromatic heterocycles. The number of aliphatic hydroxyl groups is 1. The van der Waals surface area contributed by atoms with Crippen molar-refractivity contribution in [3.8, 4) is 0 Å². The molecule has 0 spiro atoms. The summed E-state index contributed by atoms with van der Waals surface area (Å²) in [5.41, 5.74) is 1.14. The molecule has 1 rings (SSSR count). The van der Waals surface area contributed by atoms with E-state index in [0.717, 1.165) is 5.56 Å². The van der Waals surface area contributed by atoms with Crippen LogP contribution in [0.1, 0.15) is 11.6 Å². The molecule has 0 bridgehead atoms. The number of hydrogen-bond acceptors (Lipinski definition) is 3. The topological polar surface area (TPSA) is 32.3 Å². The first-order valence-corrected chi connectivity index (χ1v) is 5.46. The summed E-state index contributed by atoms with van der Waals surface area (Å²) in [7, 11) is 1.85. The summed E-state index contributed by atoms with van der Waals surface area (Å²) >= 11 is 1.71. The molecule has 0 heterocycles. The average molecular weight is 197 g/mol. The Morgan fingerprint density at radius 3 is 2.85 bits per heavy atom. The highest BCUT2D eigenvalue weighted by Gasteiger charge is 2.06. The maximum absolute atomic E-state index is 9.07. The van der Waals surface area contributed by atoms with Gasteiger partial charge in [-0.15, -0.1) is 11.8 Å². The normalized spacial score (nSPS) is 12.8. The average Bonchev–Trinajstić information content (AvgIpc) is 2.20. The standard InChI is InChI=1S/C10H15NOS/c1-11-10(7-12)8-4-3-5-9(6-8)13-2/h3-6,10-12H,7H2,1-2H3. The minimum atomic E-state index is 0.0482. The molecule has 72 valence electrons. The molecule has 2 N–H and O–H groups in total. The third-order valence-corrected chi connectivity index (χ3v) is 2.75. The van der Waals surface area contributed by atoms with Gasteiger partial charge in [0.15, 0.2) is 0 Å². The third kappa shape index (κ3) is 2.72. The van der Waals surface area contributed by atoms with Gasteiger partial charge in [-0.1, -0.05) is 12.1 Å². The van der Waals surface area contributed by atoms with Gasteiger partial charge in [0.2, 0.25) is 0 Å². The van der Waals surface area contributed by atoms with Gasteiger partial charge in [-0.3, -0.25) is 0 Å². The molecule has 0 saturated carbocycles. The fourth-order valence-corrected chi connectivity index (χ4v) is 1.69. The molecule has 0 fully saturated rings. The van der Waals surface area contributed by atoms with Gasteiger partial charge in [-0.25, -0.2) is 0 Å². The molecule has 1 aromatic rings. The zero-order valence-corrected chi connectivity index (χ0v) is 8.77. The van der Waals surface area contributed by atoms with Crippen LogP contribution in [0, 0.1) is 0 Å². The molecule has 0 amide bonds. The van der Waals surface area contributed by atoms with Gasteiger partial charge in [-0.2, -0.15) is 0 Å². The maximum Gasteiger partial charge on any atom is 0.0626 e. The van der Waals surface area contributed by atoms with E-state index < -0.39 is 0 Å². The first-order valence-electron chi connectivity index (χ1n) is 4.24. The zero-order chi connectivity index (χ0) is 9.68. The molecular weight excluding hydrogens is 182 g/mol. The van der Waals surface area contributed by atoms with Crippen molar-refractivity contribution in [3.05, 3.63) is 29.8 Å². The van der Waals surface area contributed by atoms with Crippen LogP contribution in [0.15, 0.2) is 29.2 Å². The molecule has 13 heavy (non-hydrogen) atoms. The van der Waals surface area contributed by atoms with E-state index in [9.17, 15) is 0 Å². The molecule has 0 aliphatic heterocycles. The number of rotatable bonds is 4. The summed E-state index contributed by atoms with van der Waals surface area (Å²) in [6, 6.07) is 8.26. The van der Waals surface area contributed by atoms with Crippen molar-refractivity contribution in [1.29, 1.82) is 0 Å². The molecule has 0 aliphatic rings. The monoisotopic (exact) mass is 197 g/mol. The predicted octanol–water partition coefficient (Wildman–Crippen LogP) is 1.66. The minimum absolute atomic E-state index is 0.0482. The summed E-state index contributed by atoms with van der Waals surface area (Å²) in [6.45, 7) is 0.133. The van der Waals surface area contributed by atoms with Crippen molar-refractivity contribution < 1.29 is 5.11 Å². The molecule has 1 unspecified atom stereocenters. The molecule has 0 saturated heterocycles. The first kappa shape index (κ1) is 10.6. The van der Waals surface area contributed by atoms with E-state index in [-0.39, 0.29) is 12.6 Å².